The average Bonchev–Trinajstić information content (AvgIpc) is 3.41. The molecule has 1 aliphatic carbocycles. The maximum atomic E-state index is 14.0. The first-order chi connectivity index (χ1) is 18.5. The van der Waals surface area contributed by atoms with Gasteiger partial charge in [0.15, 0.2) is 0 Å². The number of halogens is 1. The number of fused-ring (bicyclic) bond motifs is 3. The van der Waals surface area contributed by atoms with Crippen molar-refractivity contribution in [1.82, 2.24) is 15.2 Å². The van der Waals surface area contributed by atoms with Crippen molar-refractivity contribution in [1.29, 1.82) is 0 Å². The molecule has 1 spiro atoms. The van der Waals surface area contributed by atoms with Crippen molar-refractivity contribution in [3.8, 4) is 0 Å². The summed E-state index contributed by atoms with van der Waals surface area (Å²) in [4.78, 5) is 43.1. The highest BCUT2D eigenvalue weighted by atomic mass is 19.1. The number of amides is 2. The van der Waals surface area contributed by atoms with Crippen molar-refractivity contribution in [2.75, 3.05) is 13.1 Å². The number of piperidine rings is 1. The number of H-pyrrole nitrogens is 1. The number of aromatic amines is 1. The standard InChI is InChI=1S/C30H35FN4O4/c1-29(2,32)28(39)34-25(13-19-17-33-24-8-7-20(31)15-22(19)24)27(38)35-11-9-30(10-12-35)16-18(14-26(36)37)21-5-3-4-6-23(21)30/h3-8,15,17-18,25,33H,9-14,16,32H2,1-2H3,(H,34,39)(H,36,37)/t18-,25+/m0/s1. The summed E-state index contributed by atoms with van der Waals surface area (Å²) in [7, 11) is 0. The molecule has 5 rings (SSSR count). The van der Waals surface area contributed by atoms with E-state index in [1.165, 1.54) is 17.7 Å². The second-order valence-corrected chi connectivity index (χ2v) is 11.6. The lowest BCUT2D eigenvalue weighted by atomic mass is 9.73. The van der Waals surface area contributed by atoms with Crippen LogP contribution in [-0.2, 0) is 26.2 Å². The average molecular weight is 535 g/mol. The zero-order valence-corrected chi connectivity index (χ0v) is 22.3. The Bertz CT molecular complexity index is 1420. The number of nitrogens with two attached hydrogens (primary N) is 1. The molecule has 0 radical (unpaired) electrons. The number of rotatable bonds is 7. The Morgan fingerprint density at radius 3 is 2.62 bits per heavy atom. The lowest BCUT2D eigenvalue weighted by Gasteiger charge is -2.41. The topological polar surface area (TPSA) is 129 Å². The van der Waals surface area contributed by atoms with E-state index in [1.54, 1.807) is 31.0 Å². The van der Waals surface area contributed by atoms with Gasteiger partial charge in [-0.15, -0.1) is 0 Å². The highest BCUT2D eigenvalue weighted by Gasteiger charge is 2.46. The summed E-state index contributed by atoms with van der Waals surface area (Å²) in [6.07, 6.45) is 4.21. The molecule has 0 saturated carbocycles. The van der Waals surface area contributed by atoms with Gasteiger partial charge in [0.2, 0.25) is 11.8 Å². The van der Waals surface area contributed by atoms with E-state index in [0.29, 0.717) is 31.3 Å². The maximum absolute atomic E-state index is 14.0. The summed E-state index contributed by atoms with van der Waals surface area (Å²) >= 11 is 0. The number of nitrogens with zero attached hydrogens (tertiary/aromatic N) is 1. The third-order valence-corrected chi connectivity index (χ3v) is 8.40. The van der Waals surface area contributed by atoms with Crippen LogP contribution in [-0.4, -0.2) is 57.4 Å². The maximum Gasteiger partial charge on any atom is 0.303 e. The van der Waals surface area contributed by atoms with Crippen molar-refractivity contribution >= 4 is 28.7 Å². The van der Waals surface area contributed by atoms with Gasteiger partial charge in [0.25, 0.3) is 0 Å². The van der Waals surface area contributed by atoms with Crippen molar-refractivity contribution in [3.05, 3.63) is 71.2 Å². The smallest absolute Gasteiger partial charge is 0.303 e. The summed E-state index contributed by atoms with van der Waals surface area (Å²) in [5, 5.41) is 13.0. The number of aliphatic carboxylic acids is 1. The molecule has 1 aliphatic heterocycles. The van der Waals surface area contributed by atoms with Crippen molar-refractivity contribution in [2.45, 2.75) is 68.9 Å². The summed E-state index contributed by atoms with van der Waals surface area (Å²) in [5.74, 6) is -1.87. The Balaban J connectivity index is 1.36. The molecule has 2 heterocycles. The largest absolute Gasteiger partial charge is 0.481 e. The van der Waals surface area contributed by atoms with Gasteiger partial charge >= 0.3 is 5.97 Å². The number of hydrogen-bond donors (Lipinski definition) is 4. The number of likely N-dealkylation sites (tertiary alicyclic amines) is 1. The molecule has 206 valence electrons. The van der Waals surface area contributed by atoms with E-state index in [9.17, 15) is 23.9 Å². The SMILES string of the molecule is CC(C)(N)C(=O)N[C@H](Cc1c[nH]c2ccc(F)cc12)C(=O)N1CCC2(CC1)C[C@H](CC(=O)O)c1ccccc12. The molecule has 39 heavy (non-hydrogen) atoms. The third kappa shape index (κ3) is 5.28. The molecule has 2 aliphatic rings. The number of nitrogens with one attached hydrogen (secondary N) is 2. The number of carboxylic acids is 1. The fourth-order valence-electron chi connectivity index (χ4n) is 6.35. The van der Waals surface area contributed by atoms with Crippen LogP contribution in [0.2, 0.25) is 0 Å². The quantitative estimate of drug-likeness (QED) is 0.368. The predicted octanol–water partition coefficient (Wildman–Crippen LogP) is 3.59. The Morgan fingerprint density at radius 1 is 1.21 bits per heavy atom. The Morgan fingerprint density at radius 2 is 1.92 bits per heavy atom. The molecule has 5 N–H and O–H groups in total. The zero-order valence-electron chi connectivity index (χ0n) is 22.3. The van der Waals surface area contributed by atoms with Gasteiger partial charge in [-0.2, -0.15) is 0 Å². The van der Waals surface area contributed by atoms with Gasteiger partial charge in [-0.3, -0.25) is 14.4 Å². The van der Waals surface area contributed by atoms with Gasteiger partial charge in [0.05, 0.1) is 12.0 Å². The number of aromatic nitrogens is 1. The number of benzene rings is 2. The van der Waals surface area contributed by atoms with Crippen LogP contribution in [0.25, 0.3) is 10.9 Å². The summed E-state index contributed by atoms with van der Waals surface area (Å²) < 4.78 is 14.0. The first kappa shape index (κ1) is 26.9. The van der Waals surface area contributed by atoms with E-state index in [4.69, 9.17) is 5.73 Å². The van der Waals surface area contributed by atoms with Crippen LogP contribution in [0.3, 0.4) is 0 Å². The molecule has 1 aromatic heterocycles. The number of hydrogen-bond acceptors (Lipinski definition) is 4. The molecule has 1 fully saturated rings. The fraction of sp³-hybridized carbons (Fsp3) is 0.433. The molecule has 9 heteroatoms. The number of carbonyl (C=O) groups excluding carboxylic acids is 2. The van der Waals surface area contributed by atoms with Crippen LogP contribution in [0.5, 0.6) is 0 Å². The lowest BCUT2D eigenvalue weighted by molar-refractivity contribution is -0.138. The van der Waals surface area contributed by atoms with Crippen LogP contribution in [0.1, 0.15) is 62.1 Å². The van der Waals surface area contributed by atoms with E-state index >= 15 is 0 Å². The van der Waals surface area contributed by atoms with Gasteiger partial charge in [0.1, 0.15) is 11.9 Å². The molecular formula is C30H35FN4O4. The second-order valence-electron chi connectivity index (χ2n) is 11.6. The minimum absolute atomic E-state index is 0.0398. The predicted molar refractivity (Wildman–Crippen MR) is 146 cm³/mol. The zero-order chi connectivity index (χ0) is 27.9. The van der Waals surface area contributed by atoms with Crippen LogP contribution in [0, 0.1) is 5.82 Å². The van der Waals surface area contributed by atoms with Crippen molar-refractivity contribution in [2.24, 2.45) is 5.73 Å². The van der Waals surface area contributed by atoms with Gasteiger partial charge < -0.3 is 26.0 Å². The molecule has 0 bridgehead atoms. The monoisotopic (exact) mass is 534 g/mol. The summed E-state index contributed by atoms with van der Waals surface area (Å²) in [5.41, 5.74) is 8.45. The van der Waals surface area contributed by atoms with Crippen LogP contribution < -0.4 is 11.1 Å². The minimum Gasteiger partial charge on any atom is -0.481 e. The molecule has 2 aromatic carbocycles. The Labute approximate surface area is 226 Å². The Hall–Kier alpha value is -3.72. The number of carboxylic acid groups (broad SMARTS) is 1. The molecular weight excluding hydrogens is 499 g/mol. The summed E-state index contributed by atoms with van der Waals surface area (Å²) in [6.45, 7) is 4.16. The number of carbonyl (C=O) groups is 3. The highest BCUT2D eigenvalue weighted by molar-refractivity contribution is 5.92. The van der Waals surface area contributed by atoms with E-state index < -0.39 is 23.5 Å². The first-order valence-corrected chi connectivity index (χ1v) is 13.4. The fourth-order valence-corrected chi connectivity index (χ4v) is 6.35. The van der Waals surface area contributed by atoms with E-state index in [0.717, 1.165) is 23.1 Å². The van der Waals surface area contributed by atoms with Gasteiger partial charge in [0, 0.05) is 36.6 Å². The summed E-state index contributed by atoms with van der Waals surface area (Å²) in [6, 6.07) is 11.6. The van der Waals surface area contributed by atoms with Crippen LogP contribution >= 0.6 is 0 Å². The molecule has 2 amide bonds. The van der Waals surface area contributed by atoms with E-state index in [1.807, 2.05) is 18.2 Å². The van der Waals surface area contributed by atoms with Gasteiger partial charge in [-0.05, 0) is 79.3 Å². The molecule has 2 atom stereocenters. The minimum atomic E-state index is -1.18. The molecule has 1 saturated heterocycles. The van der Waals surface area contributed by atoms with E-state index in [2.05, 4.69) is 16.4 Å². The lowest BCUT2D eigenvalue weighted by Crippen LogP contribution is -2.58. The third-order valence-electron chi connectivity index (χ3n) is 8.40. The normalized spacial score (nSPS) is 19.2. The highest BCUT2D eigenvalue weighted by Crippen LogP contribution is 2.52. The van der Waals surface area contributed by atoms with Crippen LogP contribution in [0.4, 0.5) is 4.39 Å². The van der Waals surface area contributed by atoms with Gasteiger partial charge in [-0.25, -0.2) is 4.39 Å². The first-order valence-electron chi connectivity index (χ1n) is 13.4. The van der Waals surface area contributed by atoms with Gasteiger partial charge in [-0.1, -0.05) is 24.3 Å². The molecule has 3 aromatic rings. The van der Waals surface area contributed by atoms with Crippen molar-refractivity contribution in [3.63, 3.8) is 0 Å². The Kier molecular flexibility index (Phi) is 6.97. The molecule has 8 nitrogen and oxygen atoms in total. The molecule has 0 unspecified atom stereocenters. The second kappa shape index (κ2) is 10.1. The van der Waals surface area contributed by atoms with Crippen molar-refractivity contribution < 1.29 is 23.9 Å². The van der Waals surface area contributed by atoms with E-state index in [-0.39, 0.29) is 35.9 Å². The van der Waals surface area contributed by atoms with Crippen LogP contribution in [0.15, 0.2) is 48.7 Å².